The van der Waals surface area contributed by atoms with Crippen molar-refractivity contribution in [1.82, 2.24) is 4.90 Å². The summed E-state index contributed by atoms with van der Waals surface area (Å²) in [6.07, 6.45) is 0.524. The van der Waals surface area contributed by atoms with Gasteiger partial charge in [-0.25, -0.2) is 4.39 Å². The van der Waals surface area contributed by atoms with E-state index < -0.39 is 6.04 Å². The zero-order chi connectivity index (χ0) is 12.4. The van der Waals surface area contributed by atoms with E-state index in [0.29, 0.717) is 25.1 Å². The van der Waals surface area contributed by atoms with Crippen LogP contribution in [0.3, 0.4) is 0 Å². The van der Waals surface area contributed by atoms with Gasteiger partial charge in [-0.1, -0.05) is 18.2 Å². The number of carbonyl (C=O) groups is 1. The molecular formula is C13H17FN2O. The summed E-state index contributed by atoms with van der Waals surface area (Å²) < 4.78 is 13.7. The Morgan fingerprint density at radius 2 is 2.18 bits per heavy atom. The molecule has 92 valence electrons. The molecule has 0 saturated carbocycles. The monoisotopic (exact) mass is 236 g/mol. The Morgan fingerprint density at radius 3 is 2.82 bits per heavy atom. The maximum Gasteiger partial charge on any atom is 0.239 e. The van der Waals surface area contributed by atoms with Gasteiger partial charge >= 0.3 is 0 Å². The summed E-state index contributed by atoms with van der Waals surface area (Å²) in [6.45, 7) is 3.09. The van der Waals surface area contributed by atoms with E-state index in [-0.39, 0.29) is 17.6 Å². The Balaban J connectivity index is 2.23. The van der Waals surface area contributed by atoms with Gasteiger partial charge in [-0.2, -0.15) is 0 Å². The van der Waals surface area contributed by atoms with Crippen molar-refractivity contribution in [3.05, 3.63) is 35.6 Å². The maximum atomic E-state index is 13.7. The van der Waals surface area contributed by atoms with Crippen LogP contribution in [-0.2, 0) is 4.79 Å². The van der Waals surface area contributed by atoms with E-state index in [2.05, 4.69) is 0 Å². The number of nitrogens with two attached hydrogens (primary N) is 1. The Labute approximate surface area is 100 Å². The van der Waals surface area contributed by atoms with Crippen LogP contribution in [0.25, 0.3) is 0 Å². The van der Waals surface area contributed by atoms with Crippen molar-refractivity contribution in [2.24, 2.45) is 5.73 Å². The minimum absolute atomic E-state index is 0.00356. The highest BCUT2D eigenvalue weighted by Gasteiger charge is 2.32. The van der Waals surface area contributed by atoms with E-state index in [1.165, 1.54) is 6.07 Å². The van der Waals surface area contributed by atoms with Gasteiger partial charge < -0.3 is 10.6 Å². The average Bonchev–Trinajstić information content (AvgIpc) is 2.33. The van der Waals surface area contributed by atoms with Gasteiger partial charge in [-0.3, -0.25) is 4.79 Å². The van der Waals surface area contributed by atoms with Crippen molar-refractivity contribution in [2.75, 3.05) is 13.1 Å². The van der Waals surface area contributed by atoms with E-state index in [0.717, 1.165) is 0 Å². The molecule has 1 aliphatic heterocycles. The highest BCUT2D eigenvalue weighted by atomic mass is 19.1. The molecule has 0 bridgehead atoms. The number of rotatable bonds is 2. The third-order valence-corrected chi connectivity index (χ3v) is 3.33. The molecule has 1 aromatic rings. The number of likely N-dealkylation sites (N-methyl/N-ethyl adjacent to an activating group) is 1. The Bertz CT molecular complexity index is 422. The summed E-state index contributed by atoms with van der Waals surface area (Å²) in [5, 5.41) is 0. The summed E-state index contributed by atoms with van der Waals surface area (Å²) in [7, 11) is 0. The Hall–Kier alpha value is -1.42. The molecule has 17 heavy (non-hydrogen) atoms. The summed E-state index contributed by atoms with van der Waals surface area (Å²) in [5.41, 5.74) is 6.47. The number of hydrogen-bond acceptors (Lipinski definition) is 2. The van der Waals surface area contributed by atoms with Gasteiger partial charge in [0.25, 0.3) is 0 Å². The van der Waals surface area contributed by atoms with Gasteiger partial charge in [0.1, 0.15) is 5.82 Å². The Kier molecular flexibility index (Phi) is 3.43. The second kappa shape index (κ2) is 4.84. The van der Waals surface area contributed by atoms with Crippen molar-refractivity contribution >= 4 is 5.91 Å². The van der Waals surface area contributed by atoms with E-state index in [9.17, 15) is 9.18 Å². The SMILES string of the molecule is CCN1C[C@H](c2ccccc2F)C[C@H](N)C1=O. The number of piperidine rings is 1. The van der Waals surface area contributed by atoms with Gasteiger partial charge in [-0.15, -0.1) is 0 Å². The molecule has 1 aromatic carbocycles. The lowest BCUT2D eigenvalue weighted by molar-refractivity contribution is -0.135. The smallest absolute Gasteiger partial charge is 0.239 e. The fourth-order valence-corrected chi connectivity index (χ4v) is 2.39. The van der Waals surface area contributed by atoms with Crippen LogP contribution >= 0.6 is 0 Å². The molecule has 1 saturated heterocycles. The predicted molar refractivity (Wildman–Crippen MR) is 64.0 cm³/mol. The van der Waals surface area contributed by atoms with Crippen LogP contribution in [0.15, 0.2) is 24.3 Å². The van der Waals surface area contributed by atoms with Crippen molar-refractivity contribution in [3.8, 4) is 0 Å². The van der Waals surface area contributed by atoms with Crippen molar-refractivity contribution in [2.45, 2.75) is 25.3 Å². The van der Waals surface area contributed by atoms with Crippen molar-refractivity contribution in [3.63, 3.8) is 0 Å². The van der Waals surface area contributed by atoms with E-state index in [4.69, 9.17) is 5.73 Å². The van der Waals surface area contributed by atoms with E-state index >= 15 is 0 Å². The quantitative estimate of drug-likeness (QED) is 0.845. The number of benzene rings is 1. The first-order chi connectivity index (χ1) is 8.13. The zero-order valence-corrected chi connectivity index (χ0v) is 9.90. The standard InChI is InChI=1S/C13H17FN2O/c1-2-16-8-9(7-12(15)13(16)17)10-5-3-4-6-11(10)14/h3-6,9,12H,2,7-8,15H2,1H3/t9-,12+/m1/s1. The largest absolute Gasteiger partial charge is 0.341 e. The number of carbonyl (C=O) groups excluding carboxylic acids is 1. The number of amides is 1. The molecule has 0 unspecified atom stereocenters. The molecule has 2 atom stereocenters. The van der Waals surface area contributed by atoms with Gasteiger partial charge in [0.15, 0.2) is 0 Å². The van der Waals surface area contributed by atoms with Gasteiger partial charge in [0.2, 0.25) is 5.91 Å². The van der Waals surface area contributed by atoms with E-state index in [1.807, 2.05) is 13.0 Å². The molecule has 1 amide bonds. The second-order valence-corrected chi connectivity index (χ2v) is 4.44. The highest BCUT2D eigenvalue weighted by molar-refractivity contribution is 5.82. The van der Waals surface area contributed by atoms with E-state index in [1.54, 1.807) is 17.0 Å². The number of nitrogens with zero attached hydrogens (tertiary/aromatic N) is 1. The molecule has 0 aromatic heterocycles. The lowest BCUT2D eigenvalue weighted by Crippen LogP contribution is -2.51. The van der Waals surface area contributed by atoms with Crippen LogP contribution in [0, 0.1) is 5.82 Å². The normalized spacial score (nSPS) is 25.1. The zero-order valence-electron chi connectivity index (χ0n) is 9.90. The van der Waals surface area contributed by atoms with Crippen LogP contribution in [0.5, 0.6) is 0 Å². The minimum atomic E-state index is -0.506. The highest BCUT2D eigenvalue weighted by Crippen LogP contribution is 2.28. The molecule has 2 rings (SSSR count). The maximum absolute atomic E-state index is 13.7. The molecule has 0 radical (unpaired) electrons. The third-order valence-electron chi connectivity index (χ3n) is 3.33. The van der Waals surface area contributed by atoms with Gasteiger partial charge in [0, 0.05) is 19.0 Å². The van der Waals surface area contributed by atoms with Crippen LogP contribution in [0.1, 0.15) is 24.8 Å². The first kappa shape index (κ1) is 12.0. The molecule has 3 nitrogen and oxygen atoms in total. The lowest BCUT2D eigenvalue weighted by atomic mass is 9.87. The molecule has 1 aliphatic rings. The van der Waals surface area contributed by atoms with Crippen LogP contribution in [0.4, 0.5) is 4.39 Å². The van der Waals surface area contributed by atoms with Crippen LogP contribution in [0.2, 0.25) is 0 Å². The minimum Gasteiger partial charge on any atom is -0.341 e. The average molecular weight is 236 g/mol. The summed E-state index contributed by atoms with van der Waals surface area (Å²) in [4.78, 5) is 13.4. The summed E-state index contributed by atoms with van der Waals surface area (Å²) in [5.74, 6) is -0.237. The first-order valence-corrected chi connectivity index (χ1v) is 5.92. The third kappa shape index (κ3) is 2.31. The molecular weight excluding hydrogens is 219 g/mol. The number of hydrogen-bond donors (Lipinski definition) is 1. The second-order valence-electron chi connectivity index (χ2n) is 4.44. The van der Waals surface area contributed by atoms with Gasteiger partial charge in [0.05, 0.1) is 6.04 Å². The van der Waals surface area contributed by atoms with Crippen molar-refractivity contribution < 1.29 is 9.18 Å². The number of likely N-dealkylation sites (tertiary alicyclic amines) is 1. The molecule has 2 N–H and O–H groups in total. The molecule has 1 fully saturated rings. The van der Waals surface area contributed by atoms with Gasteiger partial charge in [-0.05, 0) is 25.0 Å². The molecule has 0 spiro atoms. The fourth-order valence-electron chi connectivity index (χ4n) is 2.39. The lowest BCUT2D eigenvalue weighted by Gasteiger charge is -2.35. The number of halogens is 1. The summed E-state index contributed by atoms with van der Waals surface area (Å²) >= 11 is 0. The topological polar surface area (TPSA) is 46.3 Å². The Morgan fingerprint density at radius 1 is 1.47 bits per heavy atom. The predicted octanol–water partition coefficient (Wildman–Crippen LogP) is 1.49. The van der Waals surface area contributed by atoms with Crippen LogP contribution in [-0.4, -0.2) is 29.9 Å². The first-order valence-electron chi connectivity index (χ1n) is 5.92. The fraction of sp³-hybridized carbons (Fsp3) is 0.462. The van der Waals surface area contributed by atoms with Crippen molar-refractivity contribution in [1.29, 1.82) is 0 Å². The summed E-state index contributed by atoms with van der Waals surface area (Å²) in [6, 6.07) is 6.21. The van der Waals surface area contributed by atoms with Crippen LogP contribution < -0.4 is 5.73 Å². The molecule has 1 heterocycles. The molecule has 4 heteroatoms. The molecule has 0 aliphatic carbocycles.